The van der Waals surface area contributed by atoms with Gasteiger partial charge in [-0.3, -0.25) is 0 Å². The summed E-state index contributed by atoms with van der Waals surface area (Å²) in [6.45, 7) is 4.92. The van der Waals surface area contributed by atoms with Crippen molar-refractivity contribution < 1.29 is 9.15 Å². The van der Waals surface area contributed by atoms with E-state index in [9.17, 15) is 5.26 Å². The molecule has 0 bridgehead atoms. The minimum Gasteiger partial charge on any atom is -0.494 e. The Hall–Kier alpha value is -4.05. The van der Waals surface area contributed by atoms with Crippen molar-refractivity contribution in [2.24, 2.45) is 0 Å². The first-order valence-corrected chi connectivity index (χ1v) is 10.2. The van der Waals surface area contributed by atoms with Gasteiger partial charge in [-0.15, -0.1) is 0 Å². The van der Waals surface area contributed by atoms with E-state index in [0.717, 1.165) is 34.7 Å². The highest BCUT2D eigenvalue weighted by Crippen LogP contribution is 2.27. The van der Waals surface area contributed by atoms with Crippen molar-refractivity contribution >= 4 is 5.88 Å². The van der Waals surface area contributed by atoms with Crippen LogP contribution in [-0.4, -0.2) is 21.4 Å². The number of benzene rings is 2. The van der Waals surface area contributed by atoms with Gasteiger partial charge < -0.3 is 14.5 Å². The average molecular weight is 413 g/mol. The zero-order valence-corrected chi connectivity index (χ0v) is 17.5. The quantitative estimate of drug-likeness (QED) is 0.432. The van der Waals surface area contributed by atoms with E-state index in [4.69, 9.17) is 14.3 Å². The summed E-state index contributed by atoms with van der Waals surface area (Å²) in [5.74, 6) is 1.65. The smallest absolute Gasteiger partial charge is 0.232 e. The molecule has 1 N–H and O–H groups in total. The molecule has 0 aliphatic carbocycles. The van der Waals surface area contributed by atoms with Crippen LogP contribution in [0, 0.1) is 18.3 Å². The molecule has 0 atom stereocenters. The second-order valence-corrected chi connectivity index (χ2v) is 7.03. The number of nitriles is 1. The second-order valence-electron chi connectivity index (χ2n) is 7.03. The Kier molecular flexibility index (Phi) is 5.99. The maximum absolute atomic E-state index is 9.26. The predicted molar refractivity (Wildman–Crippen MR) is 118 cm³/mol. The molecule has 0 saturated carbocycles. The molecule has 4 aromatic rings. The lowest BCUT2D eigenvalue weighted by molar-refractivity contribution is 0.317. The summed E-state index contributed by atoms with van der Waals surface area (Å²) in [5, 5.41) is 17.3. The van der Waals surface area contributed by atoms with E-state index in [0.29, 0.717) is 24.9 Å². The monoisotopic (exact) mass is 413 g/mol. The van der Waals surface area contributed by atoms with Crippen LogP contribution in [0.15, 0.2) is 65.2 Å². The first-order valence-electron chi connectivity index (χ1n) is 10.2. The van der Waals surface area contributed by atoms with Crippen LogP contribution in [0.25, 0.3) is 16.9 Å². The fourth-order valence-corrected chi connectivity index (χ4v) is 3.22. The number of aromatic nitrogens is 3. The van der Waals surface area contributed by atoms with Crippen LogP contribution in [0.2, 0.25) is 0 Å². The van der Waals surface area contributed by atoms with Gasteiger partial charge in [0, 0.05) is 30.8 Å². The summed E-state index contributed by atoms with van der Waals surface area (Å²) in [5.41, 5.74) is 3.99. The lowest BCUT2D eigenvalue weighted by Gasteiger charge is -2.07. The first-order chi connectivity index (χ1) is 15.2. The molecule has 0 spiro atoms. The lowest BCUT2D eigenvalue weighted by atomic mass is 10.1. The Morgan fingerprint density at radius 1 is 1.13 bits per heavy atom. The van der Waals surface area contributed by atoms with Gasteiger partial charge in [0.05, 0.1) is 18.0 Å². The van der Waals surface area contributed by atoms with Crippen LogP contribution < -0.4 is 10.1 Å². The van der Waals surface area contributed by atoms with Gasteiger partial charge in [-0.2, -0.15) is 10.4 Å². The van der Waals surface area contributed by atoms with Gasteiger partial charge >= 0.3 is 0 Å². The molecule has 0 amide bonds. The Bertz CT molecular complexity index is 1190. The summed E-state index contributed by atoms with van der Waals surface area (Å²) >= 11 is 0. The third kappa shape index (κ3) is 4.59. The molecule has 0 unspecified atom stereocenters. The Balaban J connectivity index is 1.66. The molecular formula is C24H23N5O2. The van der Waals surface area contributed by atoms with Crippen LogP contribution in [0.3, 0.4) is 0 Å². The zero-order chi connectivity index (χ0) is 21.6. The standard InChI is InChI=1S/C24H23N5O2/c1-3-13-30-21-11-9-18(10-12-21)23-19(15-26-24-22(14-25)27-17(2)31-24)16-29(28-23)20-7-5-4-6-8-20/h4-12,16,26H,3,13,15H2,1-2H3. The summed E-state index contributed by atoms with van der Waals surface area (Å²) in [6.07, 6.45) is 2.94. The van der Waals surface area contributed by atoms with Crippen molar-refractivity contribution in [2.45, 2.75) is 26.8 Å². The number of rotatable bonds is 8. The van der Waals surface area contributed by atoms with Gasteiger partial charge in [0.1, 0.15) is 11.8 Å². The second kappa shape index (κ2) is 9.18. The molecule has 156 valence electrons. The molecule has 0 fully saturated rings. The number of anilines is 1. The highest BCUT2D eigenvalue weighted by Gasteiger charge is 2.15. The molecule has 0 aliphatic heterocycles. The molecule has 0 radical (unpaired) electrons. The Morgan fingerprint density at radius 3 is 2.61 bits per heavy atom. The van der Waals surface area contributed by atoms with Gasteiger partial charge in [0.15, 0.2) is 5.89 Å². The minimum absolute atomic E-state index is 0.243. The lowest BCUT2D eigenvalue weighted by Crippen LogP contribution is -2.00. The van der Waals surface area contributed by atoms with E-state index in [1.54, 1.807) is 6.92 Å². The van der Waals surface area contributed by atoms with Crippen molar-refractivity contribution in [1.29, 1.82) is 5.26 Å². The van der Waals surface area contributed by atoms with E-state index in [1.165, 1.54) is 0 Å². The number of nitrogens with one attached hydrogen (secondary N) is 1. The SMILES string of the molecule is CCCOc1ccc(-c2nn(-c3ccccc3)cc2CNc2oc(C)nc2C#N)cc1. The van der Waals surface area contributed by atoms with Gasteiger partial charge in [0.25, 0.3) is 0 Å². The highest BCUT2D eigenvalue weighted by atomic mass is 16.5. The predicted octanol–water partition coefficient (Wildman–Crippen LogP) is 5.11. The third-order valence-electron chi connectivity index (χ3n) is 4.69. The maximum atomic E-state index is 9.26. The average Bonchev–Trinajstić information content (AvgIpc) is 3.40. The van der Waals surface area contributed by atoms with Crippen molar-refractivity contribution in [3.8, 4) is 28.8 Å². The number of ether oxygens (including phenoxy) is 1. The molecular weight excluding hydrogens is 390 g/mol. The van der Waals surface area contributed by atoms with Gasteiger partial charge in [0.2, 0.25) is 11.6 Å². The normalized spacial score (nSPS) is 10.6. The van der Waals surface area contributed by atoms with Crippen LogP contribution >= 0.6 is 0 Å². The number of nitrogens with zero attached hydrogens (tertiary/aromatic N) is 4. The van der Waals surface area contributed by atoms with Crippen LogP contribution in [0.4, 0.5) is 5.88 Å². The molecule has 2 heterocycles. The van der Waals surface area contributed by atoms with Crippen molar-refractivity contribution in [3.63, 3.8) is 0 Å². The van der Waals surface area contributed by atoms with E-state index < -0.39 is 0 Å². The molecule has 2 aromatic heterocycles. The Morgan fingerprint density at radius 2 is 1.90 bits per heavy atom. The van der Waals surface area contributed by atoms with Gasteiger partial charge in [-0.1, -0.05) is 25.1 Å². The van der Waals surface area contributed by atoms with Crippen molar-refractivity contribution in [1.82, 2.24) is 14.8 Å². The summed E-state index contributed by atoms with van der Waals surface area (Å²) in [4.78, 5) is 4.08. The summed E-state index contributed by atoms with van der Waals surface area (Å²) in [7, 11) is 0. The Labute approximate surface area is 180 Å². The molecule has 7 heteroatoms. The largest absolute Gasteiger partial charge is 0.494 e. The van der Waals surface area contributed by atoms with Crippen LogP contribution in [0.5, 0.6) is 5.75 Å². The molecule has 0 saturated heterocycles. The molecule has 2 aromatic carbocycles. The van der Waals surface area contributed by atoms with E-state index in [-0.39, 0.29) is 5.69 Å². The van der Waals surface area contributed by atoms with Crippen LogP contribution in [0.1, 0.15) is 30.5 Å². The molecule has 7 nitrogen and oxygen atoms in total. The number of hydrogen-bond donors (Lipinski definition) is 1. The zero-order valence-electron chi connectivity index (χ0n) is 17.5. The van der Waals surface area contributed by atoms with E-state index in [2.05, 4.69) is 23.3 Å². The maximum Gasteiger partial charge on any atom is 0.232 e. The number of oxazole rings is 1. The molecule has 4 rings (SSSR count). The van der Waals surface area contributed by atoms with Crippen molar-refractivity contribution in [2.75, 3.05) is 11.9 Å². The fraction of sp³-hybridized carbons (Fsp3) is 0.208. The first kappa shape index (κ1) is 20.2. The number of hydrogen-bond acceptors (Lipinski definition) is 6. The van der Waals surface area contributed by atoms with E-state index in [1.807, 2.05) is 65.5 Å². The van der Waals surface area contributed by atoms with Gasteiger partial charge in [-0.05, 0) is 42.8 Å². The highest BCUT2D eigenvalue weighted by molar-refractivity contribution is 5.65. The molecule has 31 heavy (non-hydrogen) atoms. The number of para-hydroxylation sites is 1. The third-order valence-corrected chi connectivity index (χ3v) is 4.69. The fourth-order valence-electron chi connectivity index (χ4n) is 3.22. The minimum atomic E-state index is 0.243. The summed E-state index contributed by atoms with van der Waals surface area (Å²) in [6, 6.07) is 19.9. The topological polar surface area (TPSA) is 88.9 Å². The number of aryl methyl sites for hydroxylation is 1. The van der Waals surface area contributed by atoms with Gasteiger partial charge in [-0.25, -0.2) is 9.67 Å². The van der Waals surface area contributed by atoms with Crippen molar-refractivity contribution in [3.05, 3.63) is 77.9 Å². The van der Waals surface area contributed by atoms with E-state index >= 15 is 0 Å². The molecule has 0 aliphatic rings. The van der Waals surface area contributed by atoms with Crippen LogP contribution in [-0.2, 0) is 6.54 Å². The summed E-state index contributed by atoms with van der Waals surface area (Å²) < 4.78 is 13.1.